The Labute approximate surface area is 103 Å². The van der Waals surface area contributed by atoms with Crippen LogP contribution in [0.15, 0.2) is 0 Å². The van der Waals surface area contributed by atoms with E-state index in [4.69, 9.17) is 4.74 Å². The predicted molar refractivity (Wildman–Crippen MR) is 65.7 cm³/mol. The zero-order chi connectivity index (χ0) is 13.3. The van der Waals surface area contributed by atoms with E-state index in [1.165, 1.54) is 4.90 Å². The van der Waals surface area contributed by atoms with Gasteiger partial charge in [-0.2, -0.15) is 0 Å². The quantitative estimate of drug-likeness (QED) is 0.550. The van der Waals surface area contributed by atoms with E-state index < -0.39 is 0 Å². The van der Waals surface area contributed by atoms with Crippen molar-refractivity contribution in [3.05, 3.63) is 0 Å². The van der Waals surface area contributed by atoms with Crippen molar-refractivity contribution >= 4 is 11.8 Å². The second-order valence-electron chi connectivity index (χ2n) is 4.13. The maximum absolute atomic E-state index is 11.6. The van der Waals surface area contributed by atoms with Gasteiger partial charge in [0, 0.05) is 26.7 Å². The summed E-state index contributed by atoms with van der Waals surface area (Å²) in [5, 5.41) is 5.66. The minimum Gasteiger partial charge on any atom is -0.383 e. The van der Waals surface area contributed by atoms with E-state index in [0.29, 0.717) is 13.2 Å². The van der Waals surface area contributed by atoms with Crippen LogP contribution in [0.1, 0.15) is 13.8 Å². The van der Waals surface area contributed by atoms with E-state index in [2.05, 4.69) is 10.6 Å². The van der Waals surface area contributed by atoms with Crippen molar-refractivity contribution < 1.29 is 14.3 Å². The maximum Gasteiger partial charge on any atom is 0.239 e. The van der Waals surface area contributed by atoms with Crippen molar-refractivity contribution in [1.29, 1.82) is 0 Å². The number of carbonyl (C=O) groups is 2. The van der Waals surface area contributed by atoms with Crippen LogP contribution in [0.5, 0.6) is 0 Å². The lowest BCUT2D eigenvalue weighted by atomic mass is 10.4. The molecule has 6 heteroatoms. The molecule has 0 bridgehead atoms. The number of carbonyl (C=O) groups excluding carboxylic acids is 2. The molecule has 0 atom stereocenters. The molecule has 17 heavy (non-hydrogen) atoms. The topological polar surface area (TPSA) is 70.7 Å². The van der Waals surface area contributed by atoms with Crippen LogP contribution < -0.4 is 10.6 Å². The third-order valence-corrected chi connectivity index (χ3v) is 2.10. The molecule has 0 aliphatic heterocycles. The largest absolute Gasteiger partial charge is 0.383 e. The van der Waals surface area contributed by atoms with Crippen LogP contribution >= 0.6 is 0 Å². The molecule has 100 valence electrons. The summed E-state index contributed by atoms with van der Waals surface area (Å²) in [5.74, 6) is -0.275. The lowest BCUT2D eigenvalue weighted by Crippen LogP contribution is -2.43. The summed E-state index contributed by atoms with van der Waals surface area (Å²) in [5.41, 5.74) is 0. The molecule has 0 radical (unpaired) electrons. The summed E-state index contributed by atoms with van der Waals surface area (Å²) < 4.78 is 4.80. The second kappa shape index (κ2) is 8.95. The number of nitrogens with zero attached hydrogens (tertiary/aromatic N) is 1. The predicted octanol–water partition coefficient (Wildman–Crippen LogP) is -0.795. The minimum absolute atomic E-state index is 0.0717. The van der Waals surface area contributed by atoms with Crippen molar-refractivity contribution in [3.63, 3.8) is 0 Å². The molecule has 0 aromatic heterocycles. The first-order valence-corrected chi connectivity index (χ1v) is 5.70. The first-order chi connectivity index (χ1) is 7.97. The zero-order valence-electron chi connectivity index (χ0n) is 11.1. The molecule has 6 nitrogen and oxygen atoms in total. The Kier molecular flexibility index (Phi) is 8.35. The van der Waals surface area contributed by atoms with Gasteiger partial charge in [-0.1, -0.05) is 13.8 Å². The number of ether oxygens (including phenoxy) is 1. The molecule has 2 amide bonds. The van der Waals surface area contributed by atoms with E-state index in [-0.39, 0.29) is 30.9 Å². The Bertz CT molecular complexity index is 244. The van der Waals surface area contributed by atoms with Crippen molar-refractivity contribution in [2.45, 2.75) is 19.9 Å². The van der Waals surface area contributed by atoms with Gasteiger partial charge in [-0.05, 0) is 0 Å². The number of hydrogen-bond acceptors (Lipinski definition) is 4. The Balaban J connectivity index is 3.78. The third-order valence-electron chi connectivity index (χ3n) is 2.10. The van der Waals surface area contributed by atoms with Crippen LogP contribution in [-0.2, 0) is 14.3 Å². The normalized spacial score (nSPS) is 10.4. The SMILES string of the molecule is COCCNC(=O)CN(C)C(=O)CNC(C)C. The van der Waals surface area contributed by atoms with Gasteiger partial charge in [0.2, 0.25) is 11.8 Å². The van der Waals surface area contributed by atoms with Crippen LogP contribution in [0.3, 0.4) is 0 Å². The van der Waals surface area contributed by atoms with Crippen molar-refractivity contribution in [1.82, 2.24) is 15.5 Å². The van der Waals surface area contributed by atoms with E-state index in [1.807, 2.05) is 13.8 Å². The summed E-state index contributed by atoms with van der Waals surface area (Å²) in [4.78, 5) is 24.4. The Morgan fingerprint density at radius 1 is 1.35 bits per heavy atom. The lowest BCUT2D eigenvalue weighted by Gasteiger charge is -2.18. The first kappa shape index (κ1) is 15.9. The van der Waals surface area contributed by atoms with Gasteiger partial charge in [-0.15, -0.1) is 0 Å². The van der Waals surface area contributed by atoms with Crippen LogP contribution in [0, 0.1) is 0 Å². The van der Waals surface area contributed by atoms with Crippen molar-refractivity contribution in [2.24, 2.45) is 0 Å². The lowest BCUT2D eigenvalue weighted by molar-refractivity contribution is -0.134. The number of methoxy groups -OCH3 is 1. The van der Waals surface area contributed by atoms with E-state index in [1.54, 1.807) is 14.2 Å². The van der Waals surface area contributed by atoms with Gasteiger partial charge in [0.1, 0.15) is 0 Å². The molecule has 0 saturated heterocycles. The Hall–Kier alpha value is -1.14. The van der Waals surface area contributed by atoms with Gasteiger partial charge >= 0.3 is 0 Å². The van der Waals surface area contributed by atoms with Gasteiger partial charge in [-0.3, -0.25) is 9.59 Å². The fraction of sp³-hybridized carbons (Fsp3) is 0.818. The highest BCUT2D eigenvalue weighted by molar-refractivity contribution is 5.85. The summed E-state index contributed by atoms with van der Waals surface area (Å²) >= 11 is 0. The van der Waals surface area contributed by atoms with Gasteiger partial charge in [0.25, 0.3) is 0 Å². The molecule has 0 saturated carbocycles. The molecule has 0 rings (SSSR count). The standard InChI is InChI=1S/C11H23N3O3/c1-9(2)13-7-11(16)14(3)8-10(15)12-5-6-17-4/h9,13H,5-8H2,1-4H3,(H,12,15). The average Bonchev–Trinajstić information content (AvgIpc) is 2.26. The first-order valence-electron chi connectivity index (χ1n) is 5.70. The van der Waals surface area contributed by atoms with Crippen molar-refractivity contribution in [2.75, 3.05) is 40.4 Å². The molecule has 0 spiro atoms. The molecular formula is C11H23N3O3. The second-order valence-corrected chi connectivity index (χ2v) is 4.13. The molecule has 0 aromatic rings. The van der Waals surface area contributed by atoms with Crippen LogP contribution in [0.2, 0.25) is 0 Å². The van der Waals surface area contributed by atoms with E-state index in [0.717, 1.165) is 0 Å². The average molecular weight is 245 g/mol. The molecule has 2 N–H and O–H groups in total. The molecule has 0 fully saturated rings. The van der Waals surface area contributed by atoms with Crippen molar-refractivity contribution in [3.8, 4) is 0 Å². The number of hydrogen-bond donors (Lipinski definition) is 2. The van der Waals surface area contributed by atoms with Crippen LogP contribution in [0.4, 0.5) is 0 Å². The molecule has 0 aliphatic carbocycles. The third kappa shape index (κ3) is 8.65. The maximum atomic E-state index is 11.6. The minimum atomic E-state index is -0.178. The molecule has 0 heterocycles. The monoisotopic (exact) mass is 245 g/mol. The molecule has 0 unspecified atom stereocenters. The van der Waals surface area contributed by atoms with E-state index in [9.17, 15) is 9.59 Å². The van der Waals surface area contributed by atoms with Crippen LogP contribution in [-0.4, -0.2) is 63.2 Å². The summed E-state index contributed by atoms with van der Waals surface area (Å²) in [6.07, 6.45) is 0. The number of likely N-dealkylation sites (N-methyl/N-ethyl adjacent to an activating group) is 1. The number of nitrogens with one attached hydrogen (secondary N) is 2. The zero-order valence-corrected chi connectivity index (χ0v) is 11.1. The molecule has 0 aliphatic rings. The van der Waals surface area contributed by atoms with Gasteiger partial charge in [0.05, 0.1) is 19.7 Å². The summed E-state index contributed by atoms with van der Waals surface area (Å²) in [6, 6.07) is 0.253. The fourth-order valence-electron chi connectivity index (χ4n) is 1.08. The fourth-order valence-corrected chi connectivity index (χ4v) is 1.08. The smallest absolute Gasteiger partial charge is 0.239 e. The number of rotatable bonds is 8. The van der Waals surface area contributed by atoms with Crippen LogP contribution in [0.25, 0.3) is 0 Å². The van der Waals surface area contributed by atoms with Gasteiger partial charge < -0.3 is 20.3 Å². The highest BCUT2D eigenvalue weighted by Gasteiger charge is 2.12. The van der Waals surface area contributed by atoms with Gasteiger partial charge in [0.15, 0.2) is 0 Å². The van der Waals surface area contributed by atoms with E-state index >= 15 is 0 Å². The summed E-state index contributed by atoms with van der Waals surface area (Å²) in [6.45, 7) is 5.18. The molecule has 0 aromatic carbocycles. The highest BCUT2D eigenvalue weighted by atomic mass is 16.5. The Morgan fingerprint density at radius 3 is 2.53 bits per heavy atom. The van der Waals surface area contributed by atoms with Gasteiger partial charge in [-0.25, -0.2) is 0 Å². The summed E-state index contributed by atoms with van der Waals surface area (Å²) in [7, 11) is 3.18. The number of amides is 2. The molecular weight excluding hydrogens is 222 g/mol. The highest BCUT2D eigenvalue weighted by Crippen LogP contribution is 1.85. The Morgan fingerprint density at radius 2 is 2.00 bits per heavy atom.